The highest BCUT2D eigenvalue weighted by Gasteiger charge is 2.15. The lowest BCUT2D eigenvalue weighted by atomic mass is 10.3. The first-order valence-electron chi connectivity index (χ1n) is 7.41. The van der Waals surface area contributed by atoms with Crippen molar-refractivity contribution < 1.29 is 9.21 Å². The van der Waals surface area contributed by atoms with Crippen LogP contribution in [0.1, 0.15) is 23.2 Å². The van der Waals surface area contributed by atoms with E-state index in [0.717, 1.165) is 22.2 Å². The Kier molecular flexibility index (Phi) is 4.97. The van der Waals surface area contributed by atoms with Crippen LogP contribution in [0.25, 0.3) is 0 Å². The van der Waals surface area contributed by atoms with Crippen molar-refractivity contribution in [3.8, 4) is 0 Å². The predicted octanol–water partition coefficient (Wildman–Crippen LogP) is 4.63. The average Bonchev–Trinajstić information content (AvgIpc) is 3.19. The molecule has 2 heterocycles. The Bertz CT molecular complexity index is 872. The number of anilines is 1. The van der Waals surface area contributed by atoms with Crippen LogP contribution in [0, 0.1) is 0 Å². The average molecular weight is 362 g/mol. The summed E-state index contributed by atoms with van der Waals surface area (Å²) in [4.78, 5) is 17.5. The van der Waals surface area contributed by atoms with Crippen molar-refractivity contribution in [1.29, 1.82) is 0 Å². The third kappa shape index (κ3) is 3.66. The number of furan rings is 1. The van der Waals surface area contributed by atoms with Crippen molar-refractivity contribution in [3.05, 3.63) is 59.3 Å². The van der Waals surface area contributed by atoms with Crippen LogP contribution in [-0.2, 0) is 13.5 Å². The molecule has 0 aliphatic carbocycles. The highest BCUT2D eigenvalue weighted by Crippen LogP contribution is 2.34. The van der Waals surface area contributed by atoms with Crippen molar-refractivity contribution in [2.45, 2.75) is 23.4 Å². The fourth-order valence-electron chi connectivity index (χ4n) is 2.11. The van der Waals surface area contributed by atoms with E-state index in [4.69, 9.17) is 16.0 Å². The lowest BCUT2D eigenvalue weighted by Crippen LogP contribution is -2.11. The number of hydrogen-bond donors (Lipinski definition) is 1. The van der Waals surface area contributed by atoms with E-state index in [1.54, 1.807) is 30.5 Å². The summed E-state index contributed by atoms with van der Waals surface area (Å²) in [5, 5.41) is 4.23. The van der Waals surface area contributed by atoms with Gasteiger partial charge in [0.2, 0.25) is 0 Å². The molecular weight excluding hydrogens is 346 g/mol. The molecule has 7 heteroatoms. The van der Waals surface area contributed by atoms with Crippen LogP contribution < -0.4 is 5.32 Å². The van der Waals surface area contributed by atoms with E-state index in [1.165, 1.54) is 11.8 Å². The van der Waals surface area contributed by atoms with Gasteiger partial charge in [-0.3, -0.25) is 4.79 Å². The molecule has 0 saturated heterocycles. The van der Waals surface area contributed by atoms with Gasteiger partial charge in [0.1, 0.15) is 5.76 Å². The van der Waals surface area contributed by atoms with Gasteiger partial charge in [-0.1, -0.05) is 18.5 Å². The normalized spacial score (nSPS) is 10.8. The molecule has 0 fully saturated rings. The minimum Gasteiger partial charge on any atom is -0.456 e. The van der Waals surface area contributed by atoms with Crippen molar-refractivity contribution in [2.75, 3.05) is 5.32 Å². The molecule has 0 aliphatic heterocycles. The molecule has 24 heavy (non-hydrogen) atoms. The van der Waals surface area contributed by atoms with Crippen LogP contribution in [-0.4, -0.2) is 15.5 Å². The second-order valence-corrected chi connectivity index (χ2v) is 6.58. The predicted molar refractivity (Wildman–Crippen MR) is 94.8 cm³/mol. The number of halogens is 1. The van der Waals surface area contributed by atoms with Crippen molar-refractivity contribution in [3.63, 3.8) is 0 Å². The third-order valence-corrected chi connectivity index (χ3v) is 4.79. The third-order valence-electron chi connectivity index (χ3n) is 3.40. The zero-order chi connectivity index (χ0) is 17.1. The summed E-state index contributed by atoms with van der Waals surface area (Å²) in [6.07, 6.45) is 4.34. The summed E-state index contributed by atoms with van der Waals surface area (Å²) in [7, 11) is 1.92. The van der Waals surface area contributed by atoms with E-state index in [0.29, 0.717) is 10.7 Å². The first kappa shape index (κ1) is 16.7. The van der Waals surface area contributed by atoms with E-state index in [-0.39, 0.29) is 11.7 Å². The van der Waals surface area contributed by atoms with Crippen LogP contribution >= 0.6 is 23.4 Å². The number of aryl methyl sites for hydroxylation is 2. The molecule has 1 amide bonds. The van der Waals surface area contributed by atoms with Crippen LogP contribution in [0.4, 0.5) is 5.69 Å². The Labute approximate surface area is 149 Å². The summed E-state index contributed by atoms with van der Waals surface area (Å²) in [6, 6.07) is 8.83. The van der Waals surface area contributed by atoms with Gasteiger partial charge in [-0.2, -0.15) is 0 Å². The van der Waals surface area contributed by atoms with Gasteiger partial charge in [-0.15, -0.1) is 0 Å². The Balaban J connectivity index is 1.85. The molecule has 1 N–H and O–H groups in total. The minimum absolute atomic E-state index is 0.278. The van der Waals surface area contributed by atoms with E-state index >= 15 is 0 Å². The molecule has 0 radical (unpaired) electrons. The van der Waals surface area contributed by atoms with Gasteiger partial charge in [-0.05, 0) is 42.1 Å². The number of benzene rings is 1. The maximum atomic E-state index is 12.4. The van der Waals surface area contributed by atoms with Gasteiger partial charge < -0.3 is 14.3 Å². The zero-order valence-corrected chi connectivity index (χ0v) is 14.8. The fourth-order valence-corrected chi connectivity index (χ4v) is 3.15. The minimum atomic E-state index is -0.307. The van der Waals surface area contributed by atoms with Crippen LogP contribution in [0.15, 0.2) is 57.2 Å². The van der Waals surface area contributed by atoms with Crippen molar-refractivity contribution in [2.24, 2.45) is 7.05 Å². The fraction of sp³-hybridized carbons (Fsp3) is 0.176. The van der Waals surface area contributed by atoms with Crippen molar-refractivity contribution in [1.82, 2.24) is 9.55 Å². The lowest BCUT2D eigenvalue weighted by molar-refractivity contribution is 0.0995. The van der Waals surface area contributed by atoms with Crippen LogP contribution in [0.5, 0.6) is 0 Å². The van der Waals surface area contributed by atoms with E-state index < -0.39 is 0 Å². The second-order valence-electron chi connectivity index (χ2n) is 5.14. The number of carbonyl (C=O) groups is 1. The molecule has 124 valence electrons. The lowest BCUT2D eigenvalue weighted by Gasteiger charge is -2.10. The summed E-state index contributed by atoms with van der Waals surface area (Å²) < 4.78 is 7.40. The zero-order valence-electron chi connectivity index (χ0n) is 13.2. The molecule has 0 unspecified atom stereocenters. The highest BCUT2D eigenvalue weighted by atomic mass is 35.5. The van der Waals surface area contributed by atoms with Crippen LogP contribution in [0.2, 0.25) is 5.02 Å². The van der Waals surface area contributed by atoms with Crippen molar-refractivity contribution >= 4 is 35.0 Å². The number of amides is 1. The molecule has 0 bridgehead atoms. The maximum Gasteiger partial charge on any atom is 0.291 e. The molecule has 0 aliphatic rings. The van der Waals surface area contributed by atoms with Crippen LogP contribution in [0.3, 0.4) is 0 Å². The number of nitrogens with one attached hydrogen (secondary N) is 1. The van der Waals surface area contributed by atoms with E-state index in [1.807, 2.05) is 30.8 Å². The van der Waals surface area contributed by atoms with Gasteiger partial charge in [0.15, 0.2) is 10.9 Å². The molecule has 0 spiro atoms. The number of rotatable bonds is 5. The summed E-state index contributed by atoms with van der Waals surface area (Å²) in [5.74, 6) is 0.743. The smallest absolute Gasteiger partial charge is 0.291 e. The Hall–Kier alpha value is -2.18. The number of carbonyl (C=O) groups excluding carboxylic acids is 1. The standard InChI is InChI=1S/C17H16ClN3O2S/c1-3-12-5-6-14(23-12)16(22)20-13-10-11(18)4-7-15(13)24-17-19-8-9-21(17)2/h4-10H,3H2,1-2H3,(H,20,22). The summed E-state index contributed by atoms with van der Waals surface area (Å²) in [6.45, 7) is 1.97. The number of nitrogens with zero attached hydrogens (tertiary/aromatic N) is 2. The number of hydrogen-bond acceptors (Lipinski definition) is 4. The summed E-state index contributed by atoms with van der Waals surface area (Å²) >= 11 is 7.53. The summed E-state index contributed by atoms with van der Waals surface area (Å²) in [5.41, 5.74) is 0.620. The van der Waals surface area contributed by atoms with Gasteiger partial charge >= 0.3 is 0 Å². The Morgan fingerprint density at radius 2 is 2.21 bits per heavy atom. The first-order valence-corrected chi connectivity index (χ1v) is 8.61. The Morgan fingerprint density at radius 3 is 2.88 bits per heavy atom. The van der Waals surface area contributed by atoms with Gasteiger partial charge in [0.25, 0.3) is 5.91 Å². The second kappa shape index (κ2) is 7.15. The molecule has 0 atom stereocenters. The molecule has 0 saturated carbocycles. The quantitative estimate of drug-likeness (QED) is 0.719. The largest absolute Gasteiger partial charge is 0.456 e. The molecular formula is C17H16ClN3O2S. The van der Waals surface area contributed by atoms with E-state index in [9.17, 15) is 4.79 Å². The van der Waals surface area contributed by atoms with Gasteiger partial charge in [-0.25, -0.2) is 4.98 Å². The first-order chi connectivity index (χ1) is 11.6. The SMILES string of the molecule is CCc1ccc(C(=O)Nc2cc(Cl)ccc2Sc2nccn2C)o1. The highest BCUT2D eigenvalue weighted by molar-refractivity contribution is 7.99. The molecule has 3 aromatic rings. The topological polar surface area (TPSA) is 60.1 Å². The molecule has 2 aromatic heterocycles. The van der Waals surface area contributed by atoms with E-state index in [2.05, 4.69) is 10.3 Å². The molecule has 3 rings (SSSR count). The Morgan fingerprint density at radius 1 is 1.38 bits per heavy atom. The monoisotopic (exact) mass is 361 g/mol. The number of imidazole rings is 1. The van der Waals surface area contributed by atoms with Gasteiger partial charge in [0, 0.05) is 35.8 Å². The van der Waals surface area contributed by atoms with Gasteiger partial charge in [0.05, 0.1) is 5.69 Å². The molecule has 1 aromatic carbocycles. The molecule has 5 nitrogen and oxygen atoms in total. The number of aromatic nitrogens is 2. The maximum absolute atomic E-state index is 12.4.